The number of halogens is 1. The highest BCUT2D eigenvalue weighted by Crippen LogP contribution is 2.42. The summed E-state index contributed by atoms with van der Waals surface area (Å²) < 4.78 is 11.7. The van der Waals surface area contributed by atoms with Gasteiger partial charge in [0.25, 0.3) is 0 Å². The molecule has 5 nitrogen and oxygen atoms in total. The number of fused-ring (bicyclic) bond motifs is 1. The van der Waals surface area contributed by atoms with Crippen LogP contribution in [0.3, 0.4) is 0 Å². The van der Waals surface area contributed by atoms with Crippen molar-refractivity contribution >= 4 is 21.7 Å². The second kappa shape index (κ2) is 5.89. The molecule has 21 heavy (non-hydrogen) atoms. The zero-order valence-electron chi connectivity index (χ0n) is 11.9. The molecule has 0 spiro atoms. The van der Waals surface area contributed by atoms with E-state index < -0.39 is 0 Å². The molecule has 0 aliphatic carbocycles. The summed E-state index contributed by atoms with van der Waals surface area (Å²) in [4.78, 5) is 9.17. The molecule has 6 heteroatoms. The number of anilines is 1. The first kappa shape index (κ1) is 14.1. The van der Waals surface area contributed by atoms with Crippen LogP contribution in [0.25, 0.3) is 11.4 Å². The lowest BCUT2D eigenvalue weighted by Crippen LogP contribution is -2.01. The molecule has 1 aliphatic rings. The summed E-state index contributed by atoms with van der Waals surface area (Å²) in [6.45, 7) is 2.38. The van der Waals surface area contributed by atoms with Crippen LogP contribution in [0.1, 0.15) is 19.0 Å². The molecule has 3 rings (SSSR count). The Morgan fingerprint density at radius 1 is 1.24 bits per heavy atom. The Balaban J connectivity index is 2.07. The van der Waals surface area contributed by atoms with Crippen molar-refractivity contribution in [2.45, 2.75) is 19.8 Å². The van der Waals surface area contributed by atoms with Crippen molar-refractivity contribution in [2.24, 2.45) is 0 Å². The number of ether oxygens (including phenoxy) is 2. The molecule has 2 aromatic rings. The Hall–Kier alpha value is -1.82. The molecule has 0 saturated heterocycles. The van der Waals surface area contributed by atoms with Gasteiger partial charge in [-0.3, -0.25) is 0 Å². The Labute approximate surface area is 131 Å². The quantitative estimate of drug-likeness (QED) is 0.913. The third kappa shape index (κ3) is 2.81. The van der Waals surface area contributed by atoms with E-state index in [4.69, 9.17) is 9.47 Å². The molecule has 0 atom stereocenters. The molecule has 0 fully saturated rings. The van der Waals surface area contributed by atoms with E-state index in [1.165, 1.54) is 0 Å². The van der Waals surface area contributed by atoms with Crippen molar-refractivity contribution in [1.82, 2.24) is 9.97 Å². The van der Waals surface area contributed by atoms with Gasteiger partial charge < -0.3 is 14.8 Å². The van der Waals surface area contributed by atoms with Gasteiger partial charge in [-0.1, -0.05) is 13.3 Å². The lowest BCUT2D eigenvalue weighted by atomic mass is 10.1. The standard InChI is InChI=1S/C15H16BrN3O2/c1-3-4-10-7-13(17-2)19-15(18-10)9-5-11(16)14-12(6-9)20-8-21-14/h5-7H,3-4,8H2,1-2H3,(H,17,18,19). The normalized spacial score (nSPS) is 12.5. The van der Waals surface area contributed by atoms with Gasteiger partial charge in [-0.15, -0.1) is 0 Å². The smallest absolute Gasteiger partial charge is 0.231 e. The maximum Gasteiger partial charge on any atom is 0.231 e. The summed E-state index contributed by atoms with van der Waals surface area (Å²) >= 11 is 3.50. The van der Waals surface area contributed by atoms with Crippen molar-refractivity contribution in [1.29, 1.82) is 0 Å². The van der Waals surface area contributed by atoms with Gasteiger partial charge in [0, 0.05) is 24.4 Å². The third-order valence-electron chi connectivity index (χ3n) is 3.23. The van der Waals surface area contributed by atoms with E-state index in [0.29, 0.717) is 5.82 Å². The summed E-state index contributed by atoms with van der Waals surface area (Å²) in [6, 6.07) is 5.85. The maximum atomic E-state index is 5.45. The zero-order valence-corrected chi connectivity index (χ0v) is 13.5. The van der Waals surface area contributed by atoms with Gasteiger partial charge in [-0.05, 0) is 34.5 Å². The molecule has 0 amide bonds. The monoisotopic (exact) mass is 349 g/mol. The van der Waals surface area contributed by atoms with E-state index >= 15 is 0 Å². The van der Waals surface area contributed by atoms with Crippen LogP contribution in [0.5, 0.6) is 11.5 Å². The molecule has 1 N–H and O–H groups in total. The molecular formula is C15H16BrN3O2. The number of benzene rings is 1. The first-order chi connectivity index (χ1) is 10.2. The van der Waals surface area contributed by atoms with E-state index in [1.807, 2.05) is 25.2 Å². The average molecular weight is 350 g/mol. The van der Waals surface area contributed by atoms with Gasteiger partial charge in [0.05, 0.1) is 4.47 Å². The second-order valence-corrected chi connectivity index (χ2v) is 5.61. The van der Waals surface area contributed by atoms with Crippen LogP contribution in [0.15, 0.2) is 22.7 Å². The topological polar surface area (TPSA) is 56.3 Å². The number of hydrogen-bond acceptors (Lipinski definition) is 5. The van der Waals surface area contributed by atoms with Crippen LogP contribution in [0.2, 0.25) is 0 Å². The van der Waals surface area contributed by atoms with E-state index in [0.717, 1.165) is 45.9 Å². The highest BCUT2D eigenvalue weighted by atomic mass is 79.9. The highest BCUT2D eigenvalue weighted by molar-refractivity contribution is 9.10. The molecule has 0 radical (unpaired) electrons. The Morgan fingerprint density at radius 2 is 2.10 bits per heavy atom. The van der Waals surface area contributed by atoms with Crippen LogP contribution in [-0.4, -0.2) is 23.8 Å². The minimum Gasteiger partial charge on any atom is -0.454 e. The van der Waals surface area contributed by atoms with Crippen molar-refractivity contribution in [2.75, 3.05) is 19.2 Å². The number of aromatic nitrogens is 2. The summed E-state index contributed by atoms with van der Waals surface area (Å²) in [5.41, 5.74) is 1.93. The van der Waals surface area contributed by atoms with Gasteiger partial charge in [-0.2, -0.15) is 0 Å². The van der Waals surface area contributed by atoms with Crippen molar-refractivity contribution < 1.29 is 9.47 Å². The average Bonchev–Trinajstić information content (AvgIpc) is 2.96. The minimum absolute atomic E-state index is 0.246. The van der Waals surface area contributed by atoms with Gasteiger partial charge >= 0.3 is 0 Å². The number of aryl methyl sites for hydroxylation is 1. The van der Waals surface area contributed by atoms with Gasteiger partial charge in [0.2, 0.25) is 6.79 Å². The molecule has 1 aromatic carbocycles. The van der Waals surface area contributed by atoms with E-state index in [1.54, 1.807) is 0 Å². The van der Waals surface area contributed by atoms with E-state index in [-0.39, 0.29) is 6.79 Å². The Bertz CT molecular complexity index is 676. The van der Waals surface area contributed by atoms with E-state index in [9.17, 15) is 0 Å². The van der Waals surface area contributed by atoms with Crippen LogP contribution < -0.4 is 14.8 Å². The predicted octanol–water partition coefficient (Wildman–Crippen LogP) is 3.63. The maximum absolute atomic E-state index is 5.45. The zero-order chi connectivity index (χ0) is 14.8. The number of nitrogens with zero attached hydrogens (tertiary/aromatic N) is 2. The fourth-order valence-corrected chi connectivity index (χ4v) is 2.79. The fraction of sp³-hybridized carbons (Fsp3) is 0.333. The molecular weight excluding hydrogens is 334 g/mol. The summed E-state index contributed by atoms with van der Waals surface area (Å²) in [5.74, 6) is 2.95. The third-order valence-corrected chi connectivity index (χ3v) is 3.82. The molecule has 110 valence electrons. The highest BCUT2D eigenvalue weighted by Gasteiger charge is 2.19. The number of hydrogen-bond donors (Lipinski definition) is 1. The first-order valence-electron chi connectivity index (χ1n) is 6.86. The van der Waals surface area contributed by atoms with E-state index in [2.05, 4.69) is 38.1 Å². The fourth-order valence-electron chi connectivity index (χ4n) is 2.24. The molecule has 0 saturated carbocycles. The van der Waals surface area contributed by atoms with Crippen LogP contribution in [0.4, 0.5) is 5.82 Å². The lowest BCUT2D eigenvalue weighted by Gasteiger charge is -2.09. The largest absolute Gasteiger partial charge is 0.454 e. The predicted molar refractivity (Wildman–Crippen MR) is 84.8 cm³/mol. The number of nitrogens with one attached hydrogen (secondary N) is 1. The van der Waals surface area contributed by atoms with Gasteiger partial charge in [0.15, 0.2) is 17.3 Å². The summed E-state index contributed by atoms with van der Waals surface area (Å²) in [5, 5.41) is 3.08. The molecule has 1 aliphatic heterocycles. The van der Waals surface area contributed by atoms with Crippen molar-refractivity contribution in [3.8, 4) is 22.9 Å². The molecule has 1 aromatic heterocycles. The SMILES string of the molecule is CCCc1cc(NC)nc(-c2cc(Br)c3c(c2)OCO3)n1. The molecule has 0 bridgehead atoms. The van der Waals surface area contributed by atoms with Gasteiger partial charge in [0.1, 0.15) is 5.82 Å². The minimum atomic E-state index is 0.246. The first-order valence-corrected chi connectivity index (χ1v) is 7.65. The second-order valence-electron chi connectivity index (χ2n) is 4.76. The van der Waals surface area contributed by atoms with Gasteiger partial charge in [-0.25, -0.2) is 9.97 Å². The Kier molecular flexibility index (Phi) is 3.96. The van der Waals surface area contributed by atoms with Crippen LogP contribution >= 0.6 is 15.9 Å². The van der Waals surface area contributed by atoms with Crippen LogP contribution in [0, 0.1) is 0 Å². The lowest BCUT2D eigenvalue weighted by molar-refractivity contribution is 0.173. The summed E-state index contributed by atoms with van der Waals surface area (Å²) in [6.07, 6.45) is 1.97. The van der Waals surface area contributed by atoms with Crippen molar-refractivity contribution in [3.63, 3.8) is 0 Å². The Morgan fingerprint density at radius 3 is 2.86 bits per heavy atom. The van der Waals surface area contributed by atoms with Crippen LogP contribution in [-0.2, 0) is 6.42 Å². The summed E-state index contributed by atoms with van der Waals surface area (Å²) in [7, 11) is 1.86. The number of rotatable bonds is 4. The molecule has 0 unspecified atom stereocenters. The molecule has 2 heterocycles. The van der Waals surface area contributed by atoms with Crippen molar-refractivity contribution in [3.05, 3.63) is 28.4 Å².